The molecule has 0 saturated heterocycles. The summed E-state index contributed by atoms with van der Waals surface area (Å²) in [5.41, 5.74) is 2.61. The van der Waals surface area contributed by atoms with Crippen LogP contribution in [0.2, 0.25) is 0 Å². The molecule has 14 heavy (non-hydrogen) atoms. The van der Waals surface area contributed by atoms with Crippen LogP contribution in [0.1, 0.15) is 5.56 Å². The lowest BCUT2D eigenvalue weighted by molar-refractivity contribution is 0.627. The Kier molecular flexibility index (Phi) is 2.18. The van der Waals surface area contributed by atoms with E-state index in [1.807, 2.05) is 6.92 Å². The number of anilines is 2. The summed E-state index contributed by atoms with van der Waals surface area (Å²) in [7, 11) is 0. The number of nitrogens with zero attached hydrogens (tertiary/aromatic N) is 1. The molecule has 0 spiro atoms. The number of aryl methyl sites for hydroxylation is 1. The van der Waals surface area contributed by atoms with Crippen molar-refractivity contribution in [2.24, 2.45) is 0 Å². The maximum atomic E-state index is 12.8. The fourth-order valence-electron chi connectivity index (χ4n) is 1.24. The van der Waals surface area contributed by atoms with Gasteiger partial charge in [0.1, 0.15) is 5.82 Å². The molecule has 4 heteroatoms. The summed E-state index contributed by atoms with van der Waals surface area (Å²) in [5.74, 6) is -0.222. The van der Waals surface area contributed by atoms with Crippen LogP contribution in [-0.2, 0) is 0 Å². The minimum absolute atomic E-state index is 0.222. The first kappa shape index (κ1) is 8.74. The van der Waals surface area contributed by atoms with Gasteiger partial charge in [0.05, 0.1) is 11.9 Å². The Morgan fingerprint density at radius 3 is 2.93 bits per heavy atom. The van der Waals surface area contributed by atoms with Crippen LogP contribution in [0.4, 0.5) is 15.8 Å². The first-order valence-electron chi connectivity index (χ1n) is 4.27. The minimum atomic E-state index is -0.222. The Balaban J connectivity index is 2.25. The Hall–Kier alpha value is -1.84. The van der Waals surface area contributed by atoms with E-state index in [1.54, 1.807) is 18.5 Å². The van der Waals surface area contributed by atoms with Gasteiger partial charge in [0.15, 0.2) is 0 Å². The zero-order valence-electron chi connectivity index (χ0n) is 7.71. The Bertz CT molecular complexity index is 423. The van der Waals surface area contributed by atoms with E-state index in [1.165, 1.54) is 12.1 Å². The molecule has 0 amide bonds. The summed E-state index contributed by atoms with van der Waals surface area (Å²) in [6.45, 7) is 1.85. The number of rotatable bonds is 2. The van der Waals surface area contributed by atoms with Crippen molar-refractivity contribution >= 4 is 11.4 Å². The second kappa shape index (κ2) is 3.49. The van der Waals surface area contributed by atoms with E-state index in [2.05, 4.69) is 15.5 Å². The van der Waals surface area contributed by atoms with Crippen LogP contribution < -0.4 is 5.32 Å². The molecule has 0 atom stereocenters. The lowest BCUT2D eigenvalue weighted by atomic mass is 10.2. The molecular formula is C10H10FN3. The fourth-order valence-corrected chi connectivity index (χ4v) is 1.24. The predicted octanol–water partition coefficient (Wildman–Crippen LogP) is 2.60. The first-order valence-corrected chi connectivity index (χ1v) is 4.27. The SMILES string of the molecule is Cc1cc(F)ccc1Nc1cn[nH]c1. The Morgan fingerprint density at radius 1 is 1.43 bits per heavy atom. The Labute approximate surface area is 81.0 Å². The number of H-pyrrole nitrogens is 1. The third-order valence-corrected chi connectivity index (χ3v) is 1.97. The molecule has 2 rings (SSSR count). The summed E-state index contributed by atoms with van der Waals surface area (Å²) >= 11 is 0. The molecule has 2 aromatic rings. The van der Waals surface area contributed by atoms with E-state index in [-0.39, 0.29) is 5.82 Å². The highest BCUT2D eigenvalue weighted by atomic mass is 19.1. The highest BCUT2D eigenvalue weighted by Gasteiger charge is 2.00. The van der Waals surface area contributed by atoms with Gasteiger partial charge in [-0.25, -0.2) is 4.39 Å². The summed E-state index contributed by atoms with van der Waals surface area (Å²) < 4.78 is 12.8. The quantitative estimate of drug-likeness (QED) is 0.766. The summed E-state index contributed by atoms with van der Waals surface area (Å²) in [4.78, 5) is 0. The number of halogens is 1. The van der Waals surface area contributed by atoms with Crippen LogP contribution in [0.5, 0.6) is 0 Å². The van der Waals surface area contributed by atoms with E-state index >= 15 is 0 Å². The number of aromatic amines is 1. The van der Waals surface area contributed by atoms with E-state index in [0.717, 1.165) is 16.9 Å². The smallest absolute Gasteiger partial charge is 0.123 e. The Morgan fingerprint density at radius 2 is 2.29 bits per heavy atom. The predicted molar refractivity (Wildman–Crippen MR) is 53.0 cm³/mol. The highest BCUT2D eigenvalue weighted by Crippen LogP contribution is 2.19. The van der Waals surface area contributed by atoms with Crippen molar-refractivity contribution in [2.45, 2.75) is 6.92 Å². The van der Waals surface area contributed by atoms with Crippen molar-refractivity contribution in [3.05, 3.63) is 42.0 Å². The molecule has 72 valence electrons. The summed E-state index contributed by atoms with van der Waals surface area (Å²) in [5, 5.41) is 9.62. The largest absolute Gasteiger partial charge is 0.353 e. The van der Waals surface area contributed by atoms with E-state index in [4.69, 9.17) is 0 Å². The van der Waals surface area contributed by atoms with Gasteiger partial charge < -0.3 is 5.32 Å². The fraction of sp³-hybridized carbons (Fsp3) is 0.100. The minimum Gasteiger partial charge on any atom is -0.353 e. The molecule has 2 N–H and O–H groups in total. The van der Waals surface area contributed by atoms with Crippen molar-refractivity contribution in [1.82, 2.24) is 10.2 Å². The topological polar surface area (TPSA) is 40.7 Å². The van der Waals surface area contributed by atoms with Crippen LogP contribution in [0.25, 0.3) is 0 Å². The standard InChI is InChI=1S/C10H10FN3/c1-7-4-8(11)2-3-10(7)14-9-5-12-13-6-9/h2-6,14H,1H3,(H,12,13). The number of nitrogens with one attached hydrogen (secondary N) is 2. The van der Waals surface area contributed by atoms with Crippen LogP contribution in [0.3, 0.4) is 0 Å². The molecule has 0 radical (unpaired) electrons. The second-order valence-corrected chi connectivity index (χ2v) is 3.07. The van der Waals surface area contributed by atoms with Gasteiger partial charge in [0, 0.05) is 11.9 Å². The number of benzene rings is 1. The molecule has 1 heterocycles. The average Bonchev–Trinajstić information content (AvgIpc) is 2.62. The van der Waals surface area contributed by atoms with Crippen molar-refractivity contribution in [3.63, 3.8) is 0 Å². The van der Waals surface area contributed by atoms with Crippen molar-refractivity contribution in [3.8, 4) is 0 Å². The van der Waals surface area contributed by atoms with Gasteiger partial charge >= 0.3 is 0 Å². The van der Waals surface area contributed by atoms with Gasteiger partial charge in [-0.3, -0.25) is 5.10 Å². The van der Waals surface area contributed by atoms with Gasteiger partial charge in [-0.15, -0.1) is 0 Å². The first-order chi connectivity index (χ1) is 6.75. The van der Waals surface area contributed by atoms with Crippen LogP contribution in [-0.4, -0.2) is 10.2 Å². The normalized spacial score (nSPS) is 10.1. The van der Waals surface area contributed by atoms with E-state index < -0.39 is 0 Å². The van der Waals surface area contributed by atoms with Gasteiger partial charge in [0.25, 0.3) is 0 Å². The van der Waals surface area contributed by atoms with E-state index in [9.17, 15) is 4.39 Å². The monoisotopic (exact) mass is 191 g/mol. The molecule has 0 aliphatic carbocycles. The molecule has 1 aromatic carbocycles. The molecule has 0 fully saturated rings. The van der Waals surface area contributed by atoms with Gasteiger partial charge in [-0.1, -0.05) is 0 Å². The number of aromatic nitrogens is 2. The molecule has 0 aliphatic rings. The summed E-state index contributed by atoms with van der Waals surface area (Å²) in [6, 6.07) is 4.62. The average molecular weight is 191 g/mol. The molecule has 0 bridgehead atoms. The number of hydrogen-bond acceptors (Lipinski definition) is 2. The molecule has 0 aliphatic heterocycles. The van der Waals surface area contributed by atoms with Crippen LogP contribution in [0, 0.1) is 12.7 Å². The zero-order chi connectivity index (χ0) is 9.97. The zero-order valence-corrected chi connectivity index (χ0v) is 7.71. The molecule has 0 saturated carbocycles. The highest BCUT2D eigenvalue weighted by molar-refractivity contribution is 5.61. The van der Waals surface area contributed by atoms with Crippen molar-refractivity contribution in [1.29, 1.82) is 0 Å². The molecular weight excluding hydrogens is 181 g/mol. The summed E-state index contributed by atoms with van der Waals surface area (Å²) in [6.07, 6.45) is 3.41. The maximum absolute atomic E-state index is 12.8. The van der Waals surface area contributed by atoms with Crippen molar-refractivity contribution in [2.75, 3.05) is 5.32 Å². The van der Waals surface area contributed by atoms with E-state index in [0.29, 0.717) is 0 Å². The van der Waals surface area contributed by atoms with Crippen LogP contribution in [0.15, 0.2) is 30.6 Å². The lowest BCUT2D eigenvalue weighted by Gasteiger charge is -2.06. The van der Waals surface area contributed by atoms with Crippen LogP contribution >= 0.6 is 0 Å². The van der Waals surface area contributed by atoms with Gasteiger partial charge in [-0.05, 0) is 30.7 Å². The third-order valence-electron chi connectivity index (χ3n) is 1.97. The van der Waals surface area contributed by atoms with Gasteiger partial charge in [0.2, 0.25) is 0 Å². The maximum Gasteiger partial charge on any atom is 0.123 e. The number of hydrogen-bond donors (Lipinski definition) is 2. The molecule has 0 unspecified atom stereocenters. The van der Waals surface area contributed by atoms with Crippen molar-refractivity contribution < 1.29 is 4.39 Å². The molecule has 1 aromatic heterocycles. The lowest BCUT2D eigenvalue weighted by Crippen LogP contribution is -1.92. The molecule has 3 nitrogen and oxygen atoms in total. The second-order valence-electron chi connectivity index (χ2n) is 3.07. The third kappa shape index (κ3) is 1.74. The van der Waals surface area contributed by atoms with Gasteiger partial charge in [-0.2, -0.15) is 5.10 Å².